The van der Waals surface area contributed by atoms with Gasteiger partial charge in [0.2, 0.25) is 5.91 Å². The summed E-state index contributed by atoms with van der Waals surface area (Å²) in [6.45, 7) is 8.52. The number of thiophene rings is 1. The van der Waals surface area contributed by atoms with Crippen LogP contribution >= 0.6 is 11.3 Å². The molecule has 3 aliphatic rings. The van der Waals surface area contributed by atoms with Gasteiger partial charge in [-0.2, -0.15) is 26.3 Å². The number of aliphatic carboxylic acids is 2. The highest BCUT2D eigenvalue weighted by Gasteiger charge is 2.46. The molecule has 2 N–H and O–H groups in total. The van der Waals surface area contributed by atoms with Gasteiger partial charge < -0.3 is 20.0 Å². The average Bonchev–Trinajstić information content (AvgIpc) is 3.55. The van der Waals surface area contributed by atoms with Crippen LogP contribution in [0.1, 0.15) is 17.7 Å². The molecule has 3 saturated heterocycles. The fraction of sp³-hybridized carbons (Fsp3) is 0.667. The Labute approximate surface area is 207 Å². The zero-order valence-corrected chi connectivity index (χ0v) is 19.9. The third-order valence-corrected chi connectivity index (χ3v) is 6.79. The van der Waals surface area contributed by atoms with Gasteiger partial charge in [-0.05, 0) is 37.4 Å². The lowest BCUT2D eigenvalue weighted by molar-refractivity contribution is -0.193. The smallest absolute Gasteiger partial charge is 0.475 e. The Bertz CT molecular complexity index is 850. The third kappa shape index (κ3) is 9.24. The Morgan fingerprint density at radius 2 is 1.47 bits per heavy atom. The van der Waals surface area contributed by atoms with Gasteiger partial charge in [-0.3, -0.25) is 9.69 Å². The normalized spacial score (nSPS) is 22.5. The monoisotopic (exact) mass is 547 g/mol. The topological polar surface area (TPSA) is 101 Å². The summed E-state index contributed by atoms with van der Waals surface area (Å²) in [5, 5.41) is 16.4. The van der Waals surface area contributed by atoms with Gasteiger partial charge in [0.25, 0.3) is 0 Å². The van der Waals surface area contributed by atoms with Crippen molar-refractivity contribution in [3.8, 4) is 0 Å². The molecule has 2 atom stereocenters. The molecular formula is C21H27F6N3O5S. The molecule has 36 heavy (non-hydrogen) atoms. The summed E-state index contributed by atoms with van der Waals surface area (Å²) in [5.41, 5.74) is 0. The maximum Gasteiger partial charge on any atom is 0.490 e. The van der Waals surface area contributed by atoms with E-state index in [2.05, 4.69) is 32.2 Å². The molecule has 1 amide bonds. The summed E-state index contributed by atoms with van der Waals surface area (Å²) >= 11 is 1.82. The van der Waals surface area contributed by atoms with Crippen LogP contribution in [-0.2, 0) is 20.9 Å². The van der Waals surface area contributed by atoms with Crippen LogP contribution in [0.2, 0.25) is 0 Å². The molecule has 4 rings (SSSR count). The number of carboxylic acids is 2. The predicted octanol–water partition coefficient (Wildman–Crippen LogP) is 3.00. The quantitative estimate of drug-likeness (QED) is 0.547. The van der Waals surface area contributed by atoms with Crippen LogP contribution in [0.15, 0.2) is 17.5 Å². The summed E-state index contributed by atoms with van der Waals surface area (Å²) < 4.78 is 63.5. The van der Waals surface area contributed by atoms with Gasteiger partial charge in [0.15, 0.2) is 0 Å². The highest BCUT2D eigenvalue weighted by Crippen LogP contribution is 2.33. The van der Waals surface area contributed by atoms with Crippen LogP contribution in [0.3, 0.4) is 0 Å². The van der Waals surface area contributed by atoms with Crippen LogP contribution in [-0.4, -0.2) is 101 Å². The van der Waals surface area contributed by atoms with Gasteiger partial charge in [0.05, 0.1) is 5.92 Å². The summed E-state index contributed by atoms with van der Waals surface area (Å²) in [4.78, 5) is 38.9. The number of amides is 1. The fourth-order valence-electron chi connectivity index (χ4n) is 4.25. The summed E-state index contributed by atoms with van der Waals surface area (Å²) in [6, 6.07) is 4.31. The van der Waals surface area contributed by atoms with Gasteiger partial charge in [-0.15, -0.1) is 11.3 Å². The number of carbonyl (C=O) groups excluding carboxylic acids is 1. The lowest BCUT2D eigenvalue weighted by Crippen LogP contribution is -2.37. The molecule has 3 aliphatic heterocycles. The summed E-state index contributed by atoms with van der Waals surface area (Å²) in [6.07, 6.45) is -7.51. The van der Waals surface area contributed by atoms with Gasteiger partial charge in [-0.25, -0.2) is 9.59 Å². The minimum atomic E-state index is -5.08. The Balaban J connectivity index is 0.000000271. The van der Waals surface area contributed by atoms with Crippen LogP contribution in [0.4, 0.5) is 26.3 Å². The number of likely N-dealkylation sites (tertiary alicyclic amines) is 3. The van der Waals surface area contributed by atoms with E-state index in [1.54, 1.807) is 0 Å². The van der Waals surface area contributed by atoms with Crippen molar-refractivity contribution in [3.05, 3.63) is 22.4 Å². The number of carbonyl (C=O) groups is 3. The molecule has 3 fully saturated rings. The van der Waals surface area contributed by atoms with Crippen molar-refractivity contribution in [2.75, 3.05) is 45.8 Å². The van der Waals surface area contributed by atoms with E-state index in [4.69, 9.17) is 19.8 Å². The number of hydrogen-bond donors (Lipinski definition) is 2. The number of carboxylic acid groups (broad SMARTS) is 2. The van der Waals surface area contributed by atoms with Crippen molar-refractivity contribution < 1.29 is 50.9 Å². The molecule has 0 aromatic carbocycles. The molecular weight excluding hydrogens is 520 g/mol. The first-order valence-electron chi connectivity index (χ1n) is 11.0. The second kappa shape index (κ2) is 12.7. The van der Waals surface area contributed by atoms with Crippen LogP contribution in [0.5, 0.6) is 0 Å². The van der Waals surface area contributed by atoms with Gasteiger partial charge in [0.1, 0.15) is 0 Å². The molecule has 0 spiro atoms. The van der Waals surface area contributed by atoms with Crippen molar-refractivity contribution >= 4 is 29.2 Å². The highest BCUT2D eigenvalue weighted by atomic mass is 32.1. The molecule has 0 saturated carbocycles. The Morgan fingerprint density at radius 3 is 1.92 bits per heavy atom. The van der Waals surface area contributed by atoms with E-state index >= 15 is 0 Å². The van der Waals surface area contributed by atoms with Crippen LogP contribution in [0, 0.1) is 11.8 Å². The molecule has 1 aromatic heterocycles. The van der Waals surface area contributed by atoms with Gasteiger partial charge in [0, 0.05) is 50.1 Å². The van der Waals surface area contributed by atoms with Crippen molar-refractivity contribution in [3.63, 3.8) is 0 Å². The molecule has 204 valence electrons. The molecule has 0 bridgehead atoms. The first-order valence-corrected chi connectivity index (χ1v) is 11.9. The van der Waals surface area contributed by atoms with Gasteiger partial charge in [-0.1, -0.05) is 6.07 Å². The van der Waals surface area contributed by atoms with Crippen molar-refractivity contribution in [1.82, 2.24) is 14.7 Å². The van der Waals surface area contributed by atoms with Crippen molar-refractivity contribution in [2.45, 2.75) is 31.7 Å². The number of halogens is 6. The van der Waals surface area contributed by atoms with E-state index in [0.717, 1.165) is 39.3 Å². The largest absolute Gasteiger partial charge is 0.490 e. The number of hydrogen-bond acceptors (Lipinski definition) is 6. The fourth-order valence-corrected chi connectivity index (χ4v) is 5.00. The Kier molecular flexibility index (Phi) is 10.5. The van der Waals surface area contributed by atoms with E-state index in [-0.39, 0.29) is 5.92 Å². The van der Waals surface area contributed by atoms with E-state index < -0.39 is 24.3 Å². The van der Waals surface area contributed by atoms with Crippen molar-refractivity contribution in [1.29, 1.82) is 0 Å². The summed E-state index contributed by atoms with van der Waals surface area (Å²) in [7, 11) is 0. The molecule has 0 unspecified atom stereocenters. The zero-order chi connectivity index (χ0) is 27.1. The Morgan fingerprint density at radius 1 is 0.917 bits per heavy atom. The van der Waals surface area contributed by atoms with E-state index in [9.17, 15) is 31.1 Å². The maximum absolute atomic E-state index is 12.6. The van der Waals surface area contributed by atoms with E-state index in [1.807, 2.05) is 11.3 Å². The standard InChI is InChI=1S/C17H25N3OS.2C2HF3O2/c21-17-16-13-19(12-15-4-3-9-22-15)10-14(16)11-20(17)8-7-18-5-1-2-6-18;2*3-2(4,5)1(6)7/h3-4,9,14,16H,1-2,5-8,10-13H2;2*(H,6,7)/t14-,16-;;/m0../s1. The molecule has 4 heterocycles. The molecule has 0 aliphatic carbocycles. The molecule has 1 aromatic rings. The third-order valence-electron chi connectivity index (χ3n) is 5.93. The predicted molar refractivity (Wildman–Crippen MR) is 116 cm³/mol. The Hall–Kier alpha value is -2.39. The van der Waals surface area contributed by atoms with E-state index in [0.29, 0.717) is 11.8 Å². The molecule has 8 nitrogen and oxygen atoms in total. The highest BCUT2D eigenvalue weighted by molar-refractivity contribution is 7.09. The molecule has 15 heteroatoms. The zero-order valence-electron chi connectivity index (χ0n) is 19.1. The number of rotatable bonds is 5. The average molecular weight is 548 g/mol. The lowest BCUT2D eigenvalue weighted by Gasteiger charge is -2.23. The lowest BCUT2D eigenvalue weighted by atomic mass is 10.0. The van der Waals surface area contributed by atoms with E-state index in [1.165, 1.54) is 30.8 Å². The second-order valence-corrected chi connectivity index (χ2v) is 9.61. The van der Waals surface area contributed by atoms with Crippen LogP contribution < -0.4 is 0 Å². The SMILES string of the molecule is O=C(O)C(F)(F)F.O=C(O)C(F)(F)F.O=C1[C@H]2CN(Cc3cccs3)C[C@H]2CN1CCN1CCCC1. The minimum absolute atomic E-state index is 0.263. The molecule has 0 radical (unpaired) electrons. The first-order chi connectivity index (χ1) is 16.7. The number of fused-ring (bicyclic) bond motifs is 1. The minimum Gasteiger partial charge on any atom is -0.475 e. The van der Waals surface area contributed by atoms with Gasteiger partial charge >= 0.3 is 24.3 Å². The number of nitrogens with zero attached hydrogens (tertiary/aromatic N) is 3. The van der Waals surface area contributed by atoms with Crippen LogP contribution in [0.25, 0.3) is 0 Å². The summed E-state index contributed by atoms with van der Waals surface area (Å²) in [5.74, 6) is -4.28. The second-order valence-electron chi connectivity index (χ2n) is 8.58. The first kappa shape index (κ1) is 29.8. The number of alkyl halides is 6. The maximum atomic E-state index is 12.6. The van der Waals surface area contributed by atoms with Crippen molar-refractivity contribution in [2.24, 2.45) is 11.8 Å².